The molecule has 1 aromatic heterocycles. The van der Waals surface area contributed by atoms with Crippen LogP contribution in [0.5, 0.6) is 0 Å². The normalized spacial score (nSPS) is 18.0. The van der Waals surface area contributed by atoms with Gasteiger partial charge in [0.1, 0.15) is 6.61 Å². The molecule has 8 heteroatoms. The maximum absolute atomic E-state index is 13.1. The Morgan fingerprint density at radius 1 is 0.944 bits per heavy atom. The van der Waals surface area contributed by atoms with Crippen molar-refractivity contribution in [3.63, 3.8) is 0 Å². The van der Waals surface area contributed by atoms with Crippen LogP contribution in [0.3, 0.4) is 0 Å². The number of likely N-dealkylation sites (tertiary alicyclic amines) is 1. The predicted molar refractivity (Wildman–Crippen MR) is 138 cm³/mol. The molecule has 0 radical (unpaired) electrons. The molecular formula is C28H32N4O4. The number of pyridine rings is 1. The van der Waals surface area contributed by atoms with Crippen LogP contribution in [0.4, 0.5) is 4.79 Å². The number of alkyl carbamates (subject to hydrolysis) is 1. The van der Waals surface area contributed by atoms with Crippen molar-refractivity contribution < 1.29 is 14.3 Å². The molecule has 1 saturated heterocycles. The van der Waals surface area contributed by atoms with E-state index in [1.165, 1.54) is 10.6 Å². The molecule has 1 aliphatic rings. The van der Waals surface area contributed by atoms with E-state index in [9.17, 15) is 14.4 Å². The minimum absolute atomic E-state index is 0.140. The summed E-state index contributed by atoms with van der Waals surface area (Å²) in [6.07, 6.45) is 1.88. The summed E-state index contributed by atoms with van der Waals surface area (Å²) in [5, 5.41) is 6.05. The molecule has 0 bridgehead atoms. The molecule has 0 unspecified atom stereocenters. The first-order chi connectivity index (χ1) is 17.4. The molecular weight excluding hydrogens is 456 g/mol. The Morgan fingerprint density at radius 2 is 1.67 bits per heavy atom. The van der Waals surface area contributed by atoms with E-state index in [4.69, 9.17) is 4.74 Å². The Balaban J connectivity index is 1.41. The SMILES string of the molecule is CC(C)N1CC[C@@H](NC(=O)OCc2ccccc2)[C@@H](NC(=O)c2ccc(-n3ccccc3=O)cc2)C1. The molecule has 2 amide bonds. The summed E-state index contributed by atoms with van der Waals surface area (Å²) in [5.41, 5.74) is 1.93. The number of nitrogens with one attached hydrogen (secondary N) is 2. The van der Waals surface area contributed by atoms with Crippen molar-refractivity contribution in [2.45, 2.75) is 45.0 Å². The van der Waals surface area contributed by atoms with E-state index in [2.05, 4.69) is 29.4 Å². The molecule has 0 saturated carbocycles. The second-order valence-electron chi connectivity index (χ2n) is 9.23. The van der Waals surface area contributed by atoms with Crippen molar-refractivity contribution in [3.05, 3.63) is 100 Å². The first kappa shape index (κ1) is 25.2. The summed E-state index contributed by atoms with van der Waals surface area (Å²) in [7, 11) is 0. The maximum atomic E-state index is 13.1. The zero-order valence-electron chi connectivity index (χ0n) is 20.6. The van der Waals surface area contributed by atoms with Crippen LogP contribution in [-0.2, 0) is 11.3 Å². The molecule has 2 aromatic carbocycles. The molecule has 0 spiro atoms. The third-order valence-electron chi connectivity index (χ3n) is 6.44. The topological polar surface area (TPSA) is 92.7 Å². The largest absolute Gasteiger partial charge is 0.445 e. The van der Waals surface area contributed by atoms with Crippen molar-refractivity contribution in [2.75, 3.05) is 13.1 Å². The van der Waals surface area contributed by atoms with Gasteiger partial charge in [-0.05, 0) is 56.2 Å². The molecule has 2 atom stereocenters. The number of hydrogen-bond acceptors (Lipinski definition) is 5. The smallest absolute Gasteiger partial charge is 0.407 e. The number of amides is 2. The average Bonchev–Trinajstić information content (AvgIpc) is 2.89. The van der Waals surface area contributed by atoms with Gasteiger partial charge in [0.25, 0.3) is 11.5 Å². The molecule has 2 heterocycles. The van der Waals surface area contributed by atoms with E-state index >= 15 is 0 Å². The van der Waals surface area contributed by atoms with Crippen molar-refractivity contribution in [3.8, 4) is 5.69 Å². The average molecular weight is 489 g/mol. The van der Waals surface area contributed by atoms with E-state index in [0.717, 1.165) is 12.1 Å². The van der Waals surface area contributed by atoms with Crippen LogP contribution >= 0.6 is 0 Å². The molecule has 36 heavy (non-hydrogen) atoms. The van der Waals surface area contributed by atoms with Gasteiger partial charge >= 0.3 is 6.09 Å². The number of rotatable bonds is 7. The summed E-state index contributed by atoms with van der Waals surface area (Å²) >= 11 is 0. The summed E-state index contributed by atoms with van der Waals surface area (Å²) in [6, 6.07) is 21.1. The maximum Gasteiger partial charge on any atom is 0.407 e. The first-order valence-electron chi connectivity index (χ1n) is 12.2. The lowest BCUT2D eigenvalue weighted by molar-refractivity contribution is 0.0814. The highest BCUT2D eigenvalue weighted by molar-refractivity contribution is 5.94. The third kappa shape index (κ3) is 6.40. The number of aromatic nitrogens is 1. The van der Waals surface area contributed by atoms with Crippen LogP contribution in [0.1, 0.15) is 36.2 Å². The lowest BCUT2D eigenvalue weighted by atomic mass is 9.97. The van der Waals surface area contributed by atoms with Crippen molar-refractivity contribution >= 4 is 12.0 Å². The molecule has 0 aliphatic carbocycles. The summed E-state index contributed by atoms with van der Waals surface area (Å²) in [4.78, 5) is 40.0. The molecule has 2 N–H and O–H groups in total. The van der Waals surface area contributed by atoms with Crippen LogP contribution in [0.2, 0.25) is 0 Å². The third-order valence-corrected chi connectivity index (χ3v) is 6.44. The zero-order valence-corrected chi connectivity index (χ0v) is 20.6. The lowest BCUT2D eigenvalue weighted by Crippen LogP contribution is -2.61. The van der Waals surface area contributed by atoms with Crippen molar-refractivity contribution in [2.24, 2.45) is 0 Å². The van der Waals surface area contributed by atoms with E-state index in [1.54, 1.807) is 42.6 Å². The number of carbonyl (C=O) groups is 2. The fraction of sp³-hybridized carbons (Fsp3) is 0.321. The first-order valence-corrected chi connectivity index (χ1v) is 12.2. The zero-order chi connectivity index (χ0) is 25.5. The molecule has 1 aliphatic heterocycles. The number of nitrogens with zero attached hydrogens (tertiary/aromatic N) is 2. The second kappa shape index (κ2) is 11.7. The molecule has 8 nitrogen and oxygen atoms in total. The summed E-state index contributed by atoms with van der Waals surface area (Å²) in [6.45, 7) is 5.85. The van der Waals surface area contributed by atoms with Gasteiger partial charge in [-0.2, -0.15) is 0 Å². The highest BCUT2D eigenvalue weighted by atomic mass is 16.5. The van der Waals surface area contributed by atoms with Gasteiger partial charge in [-0.25, -0.2) is 4.79 Å². The minimum Gasteiger partial charge on any atom is -0.445 e. The van der Waals surface area contributed by atoms with Gasteiger partial charge in [0.15, 0.2) is 0 Å². The van der Waals surface area contributed by atoms with E-state index in [0.29, 0.717) is 30.3 Å². The van der Waals surface area contributed by atoms with E-state index < -0.39 is 6.09 Å². The van der Waals surface area contributed by atoms with Crippen LogP contribution < -0.4 is 16.2 Å². The number of piperidine rings is 1. The van der Waals surface area contributed by atoms with Crippen LogP contribution in [0.25, 0.3) is 5.69 Å². The predicted octanol–water partition coefficient (Wildman–Crippen LogP) is 3.35. The van der Waals surface area contributed by atoms with Crippen LogP contribution in [0.15, 0.2) is 83.8 Å². The highest BCUT2D eigenvalue weighted by Crippen LogP contribution is 2.16. The fourth-order valence-electron chi connectivity index (χ4n) is 4.35. The quantitative estimate of drug-likeness (QED) is 0.532. The Bertz CT molecular complexity index is 1220. The van der Waals surface area contributed by atoms with Gasteiger partial charge in [0.05, 0.1) is 12.1 Å². The Kier molecular flexibility index (Phi) is 8.17. The molecule has 4 rings (SSSR count). The van der Waals surface area contributed by atoms with E-state index in [-0.39, 0.29) is 30.2 Å². The van der Waals surface area contributed by atoms with Crippen LogP contribution in [-0.4, -0.2) is 52.7 Å². The highest BCUT2D eigenvalue weighted by Gasteiger charge is 2.33. The van der Waals surface area contributed by atoms with Gasteiger partial charge in [0, 0.05) is 42.6 Å². The Hall–Kier alpha value is -3.91. The minimum atomic E-state index is -0.501. The van der Waals surface area contributed by atoms with Crippen molar-refractivity contribution in [1.29, 1.82) is 0 Å². The second-order valence-corrected chi connectivity index (χ2v) is 9.23. The summed E-state index contributed by atoms with van der Waals surface area (Å²) < 4.78 is 6.92. The fourth-order valence-corrected chi connectivity index (χ4v) is 4.35. The van der Waals surface area contributed by atoms with Gasteiger partial charge in [-0.1, -0.05) is 36.4 Å². The van der Waals surface area contributed by atoms with Gasteiger partial charge in [-0.3, -0.25) is 19.1 Å². The summed E-state index contributed by atoms with van der Waals surface area (Å²) in [5.74, 6) is -0.234. The number of carbonyl (C=O) groups excluding carboxylic acids is 2. The molecule has 1 fully saturated rings. The van der Waals surface area contributed by atoms with Gasteiger partial charge in [-0.15, -0.1) is 0 Å². The molecule has 188 valence electrons. The number of ether oxygens (including phenoxy) is 1. The van der Waals surface area contributed by atoms with Gasteiger partial charge in [0.2, 0.25) is 0 Å². The van der Waals surface area contributed by atoms with Gasteiger partial charge < -0.3 is 15.4 Å². The standard InChI is InChI=1S/C28H32N4O4/c1-20(2)31-17-15-24(30-28(35)36-19-21-8-4-3-5-9-21)25(18-31)29-27(34)22-11-13-23(14-12-22)32-16-7-6-10-26(32)33/h3-14,16,20,24-25H,15,17-19H2,1-2H3,(H,29,34)(H,30,35)/t24-,25+/m1/s1. The van der Waals surface area contributed by atoms with Crippen molar-refractivity contribution in [1.82, 2.24) is 20.1 Å². The number of benzene rings is 2. The Labute approximate surface area is 210 Å². The monoisotopic (exact) mass is 488 g/mol. The Morgan fingerprint density at radius 3 is 2.36 bits per heavy atom. The molecule has 3 aromatic rings. The van der Waals surface area contributed by atoms with Crippen LogP contribution in [0, 0.1) is 0 Å². The lowest BCUT2D eigenvalue weighted by Gasteiger charge is -2.40. The van der Waals surface area contributed by atoms with E-state index in [1.807, 2.05) is 30.3 Å². The number of hydrogen-bond donors (Lipinski definition) is 2.